The molecule has 0 aliphatic carbocycles. The van der Waals surface area contributed by atoms with E-state index in [9.17, 15) is 4.79 Å². The standard InChI is InChI=1S/C6H13ClN2O2/c1-11-6(10)5(9-7)3-2-4-8/h5,9H,2-4,8H2,1H3/t5-/m0/s1. The highest BCUT2D eigenvalue weighted by molar-refractivity contribution is 6.14. The number of hydrogen-bond acceptors (Lipinski definition) is 4. The normalized spacial score (nSPS) is 12.6. The van der Waals surface area contributed by atoms with Crippen LogP contribution in [0.3, 0.4) is 0 Å². The zero-order valence-corrected chi connectivity index (χ0v) is 7.23. The van der Waals surface area contributed by atoms with Crippen LogP contribution in [0.25, 0.3) is 0 Å². The molecule has 0 unspecified atom stereocenters. The first-order valence-corrected chi connectivity index (χ1v) is 3.78. The number of methoxy groups -OCH3 is 1. The van der Waals surface area contributed by atoms with Gasteiger partial charge in [0.2, 0.25) is 0 Å². The Morgan fingerprint density at radius 2 is 2.45 bits per heavy atom. The lowest BCUT2D eigenvalue weighted by Gasteiger charge is -2.10. The number of rotatable bonds is 5. The van der Waals surface area contributed by atoms with Gasteiger partial charge in [-0.25, -0.2) is 4.84 Å². The number of esters is 1. The van der Waals surface area contributed by atoms with Crippen LogP contribution in [0.15, 0.2) is 0 Å². The summed E-state index contributed by atoms with van der Waals surface area (Å²) in [5.41, 5.74) is 5.25. The quantitative estimate of drug-likeness (QED) is 0.462. The Morgan fingerprint density at radius 3 is 2.82 bits per heavy atom. The summed E-state index contributed by atoms with van der Waals surface area (Å²) in [6, 6.07) is -0.440. The first-order chi connectivity index (χ1) is 5.26. The van der Waals surface area contributed by atoms with E-state index in [-0.39, 0.29) is 5.97 Å². The summed E-state index contributed by atoms with van der Waals surface area (Å²) in [5, 5.41) is 0. The highest BCUT2D eigenvalue weighted by Gasteiger charge is 2.16. The smallest absolute Gasteiger partial charge is 0.324 e. The van der Waals surface area contributed by atoms with Crippen molar-refractivity contribution in [3.8, 4) is 0 Å². The van der Waals surface area contributed by atoms with Crippen molar-refractivity contribution in [2.24, 2.45) is 5.73 Å². The Balaban J connectivity index is 3.65. The van der Waals surface area contributed by atoms with Crippen molar-refractivity contribution in [1.29, 1.82) is 0 Å². The van der Waals surface area contributed by atoms with Crippen LogP contribution < -0.4 is 10.6 Å². The number of nitrogens with two attached hydrogens (primary N) is 1. The third kappa shape index (κ3) is 4.19. The molecule has 0 saturated carbocycles. The van der Waals surface area contributed by atoms with Gasteiger partial charge in [-0.15, -0.1) is 0 Å². The molecule has 0 bridgehead atoms. The lowest BCUT2D eigenvalue weighted by Crippen LogP contribution is -2.32. The van der Waals surface area contributed by atoms with Crippen molar-refractivity contribution in [3.05, 3.63) is 0 Å². The SMILES string of the molecule is COC(=O)[C@H](CCCN)NCl. The van der Waals surface area contributed by atoms with Gasteiger partial charge in [-0.2, -0.15) is 0 Å². The summed E-state index contributed by atoms with van der Waals surface area (Å²) < 4.78 is 4.47. The molecule has 0 aliphatic rings. The third-order valence-electron chi connectivity index (χ3n) is 1.31. The highest BCUT2D eigenvalue weighted by atomic mass is 35.5. The Hall–Kier alpha value is -0.320. The van der Waals surface area contributed by atoms with Crippen LogP contribution >= 0.6 is 11.8 Å². The molecule has 0 aromatic rings. The lowest BCUT2D eigenvalue weighted by atomic mass is 10.2. The number of halogens is 1. The summed E-state index contributed by atoms with van der Waals surface area (Å²) >= 11 is 5.29. The van der Waals surface area contributed by atoms with Crippen LogP contribution in [-0.4, -0.2) is 25.7 Å². The van der Waals surface area contributed by atoms with Crippen LogP contribution in [0.1, 0.15) is 12.8 Å². The molecule has 0 radical (unpaired) electrons. The number of ether oxygens (including phenoxy) is 1. The Labute approximate surface area is 71.1 Å². The zero-order chi connectivity index (χ0) is 8.69. The summed E-state index contributed by atoms with van der Waals surface area (Å²) in [5.74, 6) is -0.353. The number of carbonyl (C=O) groups excluding carboxylic acids is 1. The minimum Gasteiger partial charge on any atom is -0.468 e. The van der Waals surface area contributed by atoms with E-state index in [0.29, 0.717) is 13.0 Å². The van der Waals surface area contributed by atoms with Gasteiger partial charge in [-0.3, -0.25) is 4.79 Å². The molecule has 0 aromatic carbocycles. The van der Waals surface area contributed by atoms with E-state index in [2.05, 4.69) is 9.57 Å². The van der Waals surface area contributed by atoms with Gasteiger partial charge in [0.15, 0.2) is 0 Å². The summed E-state index contributed by atoms with van der Waals surface area (Å²) in [4.78, 5) is 13.2. The van der Waals surface area contributed by atoms with Crippen molar-refractivity contribution < 1.29 is 9.53 Å². The van der Waals surface area contributed by atoms with E-state index in [1.165, 1.54) is 7.11 Å². The number of carbonyl (C=O) groups is 1. The van der Waals surface area contributed by atoms with Gasteiger partial charge in [0.25, 0.3) is 0 Å². The van der Waals surface area contributed by atoms with Crippen LogP contribution in [0.5, 0.6) is 0 Å². The summed E-state index contributed by atoms with van der Waals surface area (Å²) in [6.07, 6.45) is 1.35. The Morgan fingerprint density at radius 1 is 1.82 bits per heavy atom. The fourth-order valence-corrected chi connectivity index (χ4v) is 0.879. The second-order valence-electron chi connectivity index (χ2n) is 2.12. The molecule has 0 spiro atoms. The Bertz CT molecular complexity index is 121. The van der Waals surface area contributed by atoms with E-state index >= 15 is 0 Å². The van der Waals surface area contributed by atoms with E-state index in [1.54, 1.807) is 0 Å². The van der Waals surface area contributed by atoms with Gasteiger partial charge in [0, 0.05) is 0 Å². The van der Waals surface area contributed by atoms with Crippen LogP contribution in [0, 0.1) is 0 Å². The maximum absolute atomic E-state index is 10.8. The van der Waals surface area contributed by atoms with Gasteiger partial charge in [0.1, 0.15) is 6.04 Å². The Kier molecular flexibility index (Phi) is 6.21. The first-order valence-electron chi connectivity index (χ1n) is 3.40. The predicted octanol–water partition coefficient (Wildman–Crippen LogP) is 0.0103. The van der Waals surface area contributed by atoms with Crippen LogP contribution in [0.4, 0.5) is 0 Å². The fraction of sp³-hybridized carbons (Fsp3) is 0.833. The molecular weight excluding hydrogens is 168 g/mol. The molecule has 0 aliphatic heterocycles. The van der Waals surface area contributed by atoms with E-state index in [0.717, 1.165) is 6.42 Å². The minimum atomic E-state index is -0.440. The van der Waals surface area contributed by atoms with Gasteiger partial charge in [0.05, 0.1) is 7.11 Å². The molecule has 3 N–H and O–H groups in total. The molecule has 0 rings (SSSR count). The minimum absolute atomic E-state index is 0.353. The van der Waals surface area contributed by atoms with Crippen molar-refractivity contribution in [2.75, 3.05) is 13.7 Å². The molecule has 0 saturated heterocycles. The van der Waals surface area contributed by atoms with Crippen molar-refractivity contribution in [3.63, 3.8) is 0 Å². The van der Waals surface area contributed by atoms with Crippen molar-refractivity contribution in [2.45, 2.75) is 18.9 Å². The van der Waals surface area contributed by atoms with Crippen molar-refractivity contribution >= 4 is 17.7 Å². The largest absolute Gasteiger partial charge is 0.468 e. The molecule has 0 amide bonds. The molecule has 5 heteroatoms. The number of nitrogens with one attached hydrogen (secondary N) is 1. The zero-order valence-electron chi connectivity index (χ0n) is 6.47. The van der Waals surface area contributed by atoms with Crippen LogP contribution in [0.2, 0.25) is 0 Å². The molecule has 0 heterocycles. The molecule has 0 fully saturated rings. The third-order valence-corrected chi connectivity index (χ3v) is 1.58. The average Bonchev–Trinajstić information content (AvgIpc) is 2.05. The molecular formula is C6H13ClN2O2. The van der Waals surface area contributed by atoms with Crippen LogP contribution in [-0.2, 0) is 9.53 Å². The monoisotopic (exact) mass is 180 g/mol. The summed E-state index contributed by atoms with van der Waals surface area (Å²) in [7, 11) is 1.33. The van der Waals surface area contributed by atoms with Gasteiger partial charge < -0.3 is 10.5 Å². The molecule has 66 valence electrons. The maximum Gasteiger partial charge on any atom is 0.324 e. The molecule has 4 nitrogen and oxygen atoms in total. The lowest BCUT2D eigenvalue weighted by molar-refractivity contribution is -0.142. The summed E-state index contributed by atoms with van der Waals surface area (Å²) in [6.45, 7) is 0.548. The van der Waals surface area contributed by atoms with Gasteiger partial charge >= 0.3 is 5.97 Å². The number of hydrogen-bond donors (Lipinski definition) is 2. The molecule has 1 atom stereocenters. The van der Waals surface area contributed by atoms with E-state index in [1.807, 2.05) is 0 Å². The topological polar surface area (TPSA) is 64.3 Å². The fourth-order valence-electron chi connectivity index (χ4n) is 0.681. The van der Waals surface area contributed by atoms with Crippen molar-refractivity contribution in [1.82, 2.24) is 4.84 Å². The molecule has 11 heavy (non-hydrogen) atoms. The average molecular weight is 181 g/mol. The van der Waals surface area contributed by atoms with Gasteiger partial charge in [-0.05, 0) is 31.2 Å². The van der Waals surface area contributed by atoms with E-state index in [4.69, 9.17) is 17.5 Å². The second kappa shape index (κ2) is 6.39. The maximum atomic E-state index is 10.8. The van der Waals surface area contributed by atoms with E-state index < -0.39 is 6.04 Å². The molecule has 0 aromatic heterocycles. The highest BCUT2D eigenvalue weighted by Crippen LogP contribution is 1.98. The van der Waals surface area contributed by atoms with Gasteiger partial charge in [-0.1, -0.05) is 0 Å². The predicted molar refractivity (Wildman–Crippen MR) is 43.1 cm³/mol. The first kappa shape index (κ1) is 10.7. The second-order valence-corrected chi connectivity index (χ2v) is 2.33.